The Labute approximate surface area is 188 Å². The molecule has 7 nitrogen and oxygen atoms in total. The van der Waals surface area contributed by atoms with Gasteiger partial charge < -0.3 is 4.74 Å². The molecule has 0 bridgehead atoms. The lowest BCUT2D eigenvalue weighted by atomic mass is 10.3. The van der Waals surface area contributed by atoms with E-state index in [1.165, 1.54) is 0 Å². The van der Waals surface area contributed by atoms with Crippen LogP contribution >= 0.6 is 0 Å². The van der Waals surface area contributed by atoms with Gasteiger partial charge in [0, 0.05) is 5.69 Å². The van der Waals surface area contributed by atoms with Crippen LogP contribution in [0, 0.1) is 0 Å². The summed E-state index contributed by atoms with van der Waals surface area (Å²) in [5.74, 6) is 0.776. The Balaban J connectivity index is 1.72. The monoisotopic (exact) mass is 433 g/mol. The smallest absolute Gasteiger partial charge is 0.269 e. The van der Waals surface area contributed by atoms with Crippen LogP contribution in [-0.2, 0) is 0 Å². The predicted molar refractivity (Wildman–Crippen MR) is 128 cm³/mol. The van der Waals surface area contributed by atoms with Crippen LogP contribution in [0.1, 0.15) is 6.92 Å². The zero-order valence-corrected chi connectivity index (χ0v) is 17.8. The summed E-state index contributed by atoms with van der Waals surface area (Å²) in [6, 6.07) is 24.8. The van der Waals surface area contributed by atoms with Gasteiger partial charge in [0.1, 0.15) is 23.0 Å². The number of rotatable bonds is 4. The summed E-state index contributed by atoms with van der Waals surface area (Å²) in [7, 11) is 0. The number of hydrogen-bond acceptors (Lipinski definition) is 5. The van der Waals surface area contributed by atoms with Gasteiger partial charge in [0.05, 0.1) is 23.3 Å². The summed E-state index contributed by atoms with van der Waals surface area (Å²) < 4.78 is 9.02. The molecule has 3 aromatic heterocycles. The zero-order valence-electron chi connectivity index (χ0n) is 17.8. The van der Waals surface area contributed by atoms with Gasteiger partial charge in [0.15, 0.2) is 11.3 Å². The highest BCUT2D eigenvalue weighted by molar-refractivity contribution is 6.05. The Kier molecular flexibility index (Phi) is 4.40. The molecule has 6 aromatic rings. The average Bonchev–Trinajstić information content (AvgIpc) is 3.18. The second kappa shape index (κ2) is 7.56. The Bertz CT molecular complexity index is 1690. The molecule has 0 spiro atoms. The molecule has 6 rings (SSSR count). The number of aromatic nitrogens is 5. The molecule has 33 heavy (non-hydrogen) atoms. The van der Waals surface area contributed by atoms with Gasteiger partial charge in [-0.05, 0) is 55.5 Å². The maximum atomic E-state index is 13.7. The quantitative estimate of drug-likeness (QED) is 0.404. The molecule has 3 aromatic carbocycles. The van der Waals surface area contributed by atoms with Crippen LogP contribution in [0.2, 0.25) is 0 Å². The second-order valence-electron chi connectivity index (χ2n) is 7.60. The normalized spacial score (nSPS) is 11.4. The van der Waals surface area contributed by atoms with Crippen molar-refractivity contribution in [1.82, 2.24) is 24.1 Å². The van der Waals surface area contributed by atoms with Crippen molar-refractivity contribution < 1.29 is 4.74 Å². The average molecular weight is 433 g/mol. The minimum atomic E-state index is -0.189. The Morgan fingerprint density at radius 2 is 1.48 bits per heavy atom. The Morgan fingerprint density at radius 1 is 0.788 bits per heavy atom. The van der Waals surface area contributed by atoms with Gasteiger partial charge in [0.25, 0.3) is 5.56 Å². The largest absolute Gasteiger partial charge is 0.494 e. The highest BCUT2D eigenvalue weighted by Crippen LogP contribution is 2.29. The molecule has 0 radical (unpaired) electrons. The molecule has 3 heterocycles. The minimum Gasteiger partial charge on any atom is -0.494 e. The van der Waals surface area contributed by atoms with Gasteiger partial charge in [-0.2, -0.15) is 0 Å². The molecule has 7 heteroatoms. The number of benzene rings is 3. The lowest BCUT2D eigenvalue weighted by Gasteiger charge is -2.09. The highest BCUT2D eigenvalue weighted by atomic mass is 16.5. The van der Waals surface area contributed by atoms with Gasteiger partial charge in [-0.1, -0.05) is 30.3 Å². The van der Waals surface area contributed by atoms with E-state index in [4.69, 9.17) is 19.7 Å². The molecular formula is C26H19N5O2. The van der Waals surface area contributed by atoms with E-state index < -0.39 is 0 Å². The Hall–Kier alpha value is -4.52. The van der Waals surface area contributed by atoms with Crippen molar-refractivity contribution in [2.75, 3.05) is 6.61 Å². The molecule has 0 fully saturated rings. The first-order chi connectivity index (χ1) is 16.2. The number of ether oxygens (including phenoxy) is 1. The van der Waals surface area contributed by atoms with Crippen LogP contribution in [0.15, 0.2) is 90.0 Å². The van der Waals surface area contributed by atoms with Crippen molar-refractivity contribution in [3.63, 3.8) is 0 Å². The van der Waals surface area contributed by atoms with Crippen molar-refractivity contribution >= 4 is 33.2 Å². The SMILES string of the molecule is CCOc1ccc(-n2c3nc4ccccc4nc3c3c(=O)n(-c4ccccc4)cnc32)cc1. The molecule has 0 amide bonds. The maximum Gasteiger partial charge on any atom is 0.269 e. The zero-order chi connectivity index (χ0) is 22.4. The Morgan fingerprint density at radius 3 is 2.21 bits per heavy atom. The summed E-state index contributed by atoms with van der Waals surface area (Å²) in [6.07, 6.45) is 1.56. The third-order valence-electron chi connectivity index (χ3n) is 5.60. The van der Waals surface area contributed by atoms with Gasteiger partial charge in [0.2, 0.25) is 0 Å². The fourth-order valence-corrected chi connectivity index (χ4v) is 4.11. The summed E-state index contributed by atoms with van der Waals surface area (Å²) in [6.45, 7) is 2.54. The van der Waals surface area contributed by atoms with Crippen LogP contribution in [0.5, 0.6) is 5.75 Å². The lowest BCUT2D eigenvalue weighted by molar-refractivity contribution is 0.340. The van der Waals surface area contributed by atoms with E-state index in [0.717, 1.165) is 28.2 Å². The number of nitrogens with zero attached hydrogens (tertiary/aromatic N) is 5. The lowest BCUT2D eigenvalue weighted by Crippen LogP contribution is -2.18. The maximum absolute atomic E-state index is 13.7. The third kappa shape index (κ3) is 3.05. The first-order valence-electron chi connectivity index (χ1n) is 10.7. The van der Waals surface area contributed by atoms with E-state index >= 15 is 0 Å². The first kappa shape index (κ1) is 19.2. The van der Waals surface area contributed by atoms with E-state index in [1.54, 1.807) is 10.9 Å². The van der Waals surface area contributed by atoms with Crippen molar-refractivity contribution in [2.24, 2.45) is 0 Å². The standard InChI is InChI=1S/C26H19N5O2/c1-2-33-19-14-12-18(13-15-19)31-24-22(23-25(31)29-21-11-7-6-10-20(21)28-23)26(32)30(16-27-24)17-8-4-3-5-9-17/h3-16H,2H2,1H3. The van der Waals surface area contributed by atoms with E-state index in [2.05, 4.69) is 0 Å². The van der Waals surface area contributed by atoms with Crippen molar-refractivity contribution in [3.05, 3.63) is 95.5 Å². The number of hydrogen-bond donors (Lipinski definition) is 0. The number of para-hydroxylation sites is 3. The van der Waals surface area contributed by atoms with Gasteiger partial charge in [-0.25, -0.2) is 15.0 Å². The molecule has 0 atom stereocenters. The van der Waals surface area contributed by atoms with E-state index in [1.807, 2.05) is 90.4 Å². The molecule has 0 saturated carbocycles. The van der Waals surface area contributed by atoms with E-state index in [9.17, 15) is 4.79 Å². The summed E-state index contributed by atoms with van der Waals surface area (Å²) in [5, 5.41) is 0.434. The van der Waals surface area contributed by atoms with Crippen LogP contribution in [-0.4, -0.2) is 30.7 Å². The van der Waals surface area contributed by atoms with Crippen LogP contribution < -0.4 is 10.3 Å². The van der Waals surface area contributed by atoms with E-state index in [-0.39, 0.29) is 5.56 Å². The molecule has 0 unspecified atom stereocenters. The minimum absolute atomic E-state index is 0.189. The molecule has 0 aliphatic rings. The summed E-state index contributed by atoms with van der Waals surface area (Å²) in [4.78, 5) is 28.1. The fraction of sp³-hybridized carbons (Fsp3) is 0.0769. The molecule has 160 valence electrons. The van der Waals surface area contributed by atoms with Crippen molar-refractivity contribution in [2.45, 2.75) is 6.92 Å². The summed E-state index contributed by atoms with van der Waals surface area (Å²) >= 11 is 0. The van der Waals surface area contributed by atoms with Crippen molar-refractivity contribution in [3.8, 4) is 17.1 Å². The number of fused-ring (bicyclic) bond motifs is 4. The van der Waals surface area contributed by atoms with Crippen LogP contribution in [0.25, 0.3) is 44.6 Å². The molecule has 0 aliphatic heterocycles. The second-order valence-corrected chi connectivity index (χ2v) is 7.60. The third-order valence-corrected chi connectivity index (χ3v) is 5.60. The highest BCUT2D eigenvalue weighted by Gasteiger charge is 2.21. The van der Waals surface area contributed by atoms with Gasteiger partial charge >= 0.3 is 0 Å². The van der Waals surface area contributed by atoms with Crippen LogP contribution in [0.4, 0.5) is 0 Å². The van der Waals surface area contributed by atoms with Gasteiger partial charge in [-0.3, -0.25) is 13.9 Å². The molecule has 0 aliphatic carbocycles. The predicted octanol–water partition coefficient (Wildman–Crippen LogP) is 4.67. The van der Waals surface area contributed by atoms with Crippen molar-refractivity contribution in [1.29, 1.82) is 0 Å². The molecular weight excluding hydrogens is 414 g/mol. The molecule has 0 N–H and O–H groups in total. The summed E-state index contributed by atoms with van der Waals surface area (Å²) in [5.41, 5.74) is 4.49. The van der Waals surface area contributed by atoms with E-state index in [0.29, 0.717) is 28.8 Å². The molecule has 0 saturated heterocycles. The first-order valence-corrected chi connectivity index (χ1v) is 10.7. The van der Waals surface area contributed by atoms with Gasteiger partial charge in [-0.15, -0.1) is 0 Å². The topological polar surface area (TPSA) is 74.8 Å². The fourth-order valence-electron chi connectivity index (χ4n) is 4.11. The van der Waals surface area contributed by atoms with Crippen LogP contribution in [0.3, 0.4) is 0 Å².